The van der Waals surface area contributed by atoms with Gasteiger partial charge in [-0.05, 0) is 43.5 Å². The minimum absolute atomic E-state index is 0.340. The van der Waals surface area contributed by atoms with Crippen LogP contribution in [0, 0.1) is 5.92 Å². The van der Waals surface area contributed by atoms with Crippen molar-refractivity contribution in [2.45, 2.75) is 33.3 Å². The van der Waals surface area contributed by atoms with Gasteiger partial charge in [-0.1, -0.05) is 13.8 Å². The second-order valence-corrected chi connectivity index (χ2v) is 4.68. The third-order valence-electron chi connectivity index (χ3n) is 2.46. The van der Waals surface area contributed by atoms with Crippen molar-refractivity contribution in [2.75, 3.05) is 12.3 Å². The average Bonchev–Trinajstić information content (AvgIpc) is 2.31. The minimum atomic E-state index is -0.610. The molecule has 0 aromatic heterocycles. The van der Waals surface area contributed by atoms with Crippen molar-refractivity contribution in [3.05, 3.63) is 24.3 Å². The third kappa shape index (κ3) is 5.08. The molecule has 18 heavy (non-hydrogen) atoms. The molecule has 4 nitrogen and oxygen atoms in total. The van der Waals surface area contributed by atoms with Gasteiger partial charge in [0.25, 0.3) is 0 Å². The number of carbonyl (C=O) groups excluding carboxylic acids is 1. The molecule has 0 bridgehead atoms. The number of benzene rings is 1. The molecular weight excluding hydrogens is 230 g/mol. The summed E-state index contributed by atoms with van der Waals surface area (Å²) >= 11 is 0. The molecule has 0 spiro atoms. The van der Waals surface area contributed by atoms with E-state index in [1.54, 1.807) is 31.2 Å². The highest BCUT2D eigenvalue weighted by atomic mass is 16.6. The van der Waals surface area contributed by atoms with Crippen molar-refractivity contribution in [1.29, 1.82) is 0 Å². The van der Waals surface area contributed by atoms with Gasteiger partial charge in [0, 0.05) is 5.69 Å². The summed E-state index contributed by atoms with van der Waals surface area (Å²) in [5.41, 5.74) is 6.23. The SMILES string of the molecule is CC(C)CCOC(=O)C(C)Oc1ccc(N)cc1. The molecule has 1 aromatic carbocycles. The van der Waals surface area contributed by atoms with Crippen molar-refractivity contribution >= 4 is 11.7 Å². The Morgan fingerprint density at radius 3 is 2.39 bits per heavy atom. The van der Waals surface area contributed by atoms with Gasteiger partial charge in [-0.2, -0.15) is 0 Å². The Balaban J connectivity index is 2.37. The van der Waals surface area contributed by atoms with Gasteiger partial charge in [-0.3, -0.25) is 0 Å². The summed E-state index contributed by atoms with van der Waals surface area (Å²) in [6.45, 7) is 6.28. The van der Waals surface area contributed by atoms with Gasteiger partial charge in [0.05, 0.1) is 6.61 Å². The van der Waals surface area contributed by atoms with Crippen molar-refractivity contribution in [1.82, 2.24) is 0 Å². The standard InChI is InChI=1S/C14H21NO3/c1-10(2)8-9-17-14(16)11(3)18-13-6-4-12(15)5-7-13/h4-7,10-11H,8-9,15H2,1-3H3. The smallest absolute Gasteiger partial charge is 0.347 e. The quantitative estimate of drug-likeness (QED) is 0.623. The lowest BCUT2D eigenvalue weighted by atomic mass is 10.1. The molecule has 0 saturated carbocycles. The molecule has 1 aromatic rings. The number of nitrogens with two attached hydrogens (primary N) is 1. The van der Waals surface area contributed by atoms with Crippen LogP contribution >= 0.6 is 0 Å². The lowest BCUT2D eigenvalue weighted by Gasteiger charge is -2.14. The zero-order valence-electron chi connectivity index (χ0n) is 11.2. The number of hydrogen-bond donors (Lipinski definition) is 1. The van der Waals surface area contributed by atoms with Crippen LogP contribution in [0.1, 0.15) is 27.2 Å². The van der Waals surface area contributed by atoms with E-state index in [4.69, 9.17) is 15.2 Å². The molecule has 2 N–H and O–H groups in total. The first kappa shape index (κ1) is 14.4. The molecule has 0 radical (unpaired) electrons. The number of esters is 1. The first-order valence-electron chi connectivity index (χ1n) is 6.18. The Morgan fingerprint density at radius 1 is 1.22 bits per heavy atom. The number of nitrogen functional groups attached to an aromatic ring is 1. The Morgan fingerprint density at radius 2 is 1.83 bits per heavy atom. The van der Waals surface area contributed by atoms with Crippen LogP contribution in [0.5, 0.6) is 5.75 Å². The maximum absolute atomic E-state index is 11.6. The molecule has 100 valence electrons. The summed E-state index contributed by atoms with van der Waals surface area (Å²) in [4.78, 5) is 11.6. The fourth-order valence-corrected chi connectivity index (χ4v) is 1.31. The highest BCUT2D eigenvalue weighted by molar-refractivity contribution is 5.74. The highest BCUT2D eigenvalue weighted by Gasteiger charge is 2.16. The van der Waals surface area contributed by atoms with Crippen LogP contribution in [-0.4, -0.2) is 18.7 Å². The average molecular weight is 251 g/mol. The molecule has 1 atom stereocenters. The first-order valence-corrected chi connectivity index (χ1v) is 6.18. The molecule has 0 heterocycles. The lowest BCUT2D eigenvalue weighted by Crippen LogP contribution is -2.26. The van der Waals surface area contributed by atoms with E-state index in [0.717, 1.165) is 6.42 Å². The largest absolute Gasteiger partial charge is 0.479 e. The van der Waals surface area contributed by atoms with Gasteiger partial charge in [0.1, 0.15) is 5.75 Å². The molecule has 0 aliphatic rings. The van der Waals surface area contributed by atoms with E-state index < -0.39 is 6.10 Å². The molecule has 0 saturated heterocycles. The van der Waals surface area contributed by atoms with Crippen LogP contribution in [0.3, 0.4) is 0 Å². The fourth-order valence-electron chi connectivity index (χ4n) is 1.31. The van der Waals surface area contributed by atoms with E-state index in [0.29, 0.717) is 24.0 Å². The summed E-state index contributed by atoms with van der Waals surface area (Å²) in [6, 6.07) is 6.92. The van der Waals surface area contributed by atoms with E-state index in [1.165, 1.54) is 0 Å². The van der Waals surface area contributed by atoms with Crippen LogP contribution in [0.15, 0.2) is 24.3 Å². The van der Waals surface area contributed by atoms with E-state index >= 15 is 0 Å². The third-order valence-corrected chi connectivity index (χ3v) is 2.46. The number of ether oxygens (including phenoxy) is 2. The second-order valence-electron chi connectivity index (χ2n) is 4.68. The zero-order valence-corrected chi connectivity index (χ0v) is 11.2. The Hall–Kier alpha value is -1.71. The maximum Gasteiger partial charge on any atom is 0.347 e. The Bertz CT molecular complexity index is 373. The molecule has 4 heteroatoms. The van der Waals surface area contributed by atoms with Crippen molar-refractivity contribution in [2.24, 2.45) is 5.92 Å². The van der Waals surface area contributed by atoms with Crippen LogP contribution < -0.4 is 10.5 Å². The Labute approximate surface area is 108 Å². The molecular formula is C14H21NO3. The van der Waals surface area contributed by atoms with Gasteiger partial charge in [0.2, 0.25) is 0 Å². The van der Waals surface area contributed by atoms with Gasteiger partial charge in [-0.15, -0.1) is 0 Å². The number of carbonyl (C=O) groups is 1. The normalized spacial score (nSPS) is 12.2. The van der Waals surface area contributed by atoms with Crippen LogP contribution in [-0.2, 0) is 9.53 Å². The highest BCUT2D eigenvalue weighted by Crippen LogP contribution is 2.15. The minimum Gasteiger partial charge on any atom is -0.479 e. The summed E-state index contributed by atoms with van der Waals surface area (Å²) < 4.78 is 10.6. The van der Waals surface area contributed by atoms with Crippen LogP contribution in [0.2, 0.25) is 0 Å². The van der Waals surface area contributed by atoms with Crippen molar-refractivity contribution in [3.8, 4) is 5.75 Å². The van der Waals surface area contributed by atoms with Gasteiger partial charge in [0.15, 0.2) is 6.10 Å². The monoisotopic (exact) mass is 251 g/mol. The van der Waals surface area contributed by atoms with Crippen LogP contribution in [0.25, 0.3) is 0 Å². The number of rotatable bonds is 6. The predicted octanol–water partition coefficient (Wildman–Crippen LogP) is 2.63. The molecule has 0 amide bonds. The fraction of sp³-hybridized carbons (Fsp3) is 0.500. The zero-order chi connectivity index (χ0) is 13.5. The molecule has 0 aliphatic heterocycles. The van der Waals surface area contributed by atoms with E-state index in [1.807, 2.05) is 0 Å². The number of anilines is 1. The van der Waals surface area contributed by atoms with Crippen LogP contribution in [0.4, 0.5) is 5.69 Å². The van der Waals surface area contributed by atoms with Crippen molar-refractivity contribution in [3.63, 3.8) is 0 Å². The number of hydrogen-bond acceptors (Lipinski definition) is 4. The van der Waals surface area contributed by atoms with E-state index in [2.05, 4.69) is 13.8 Å². The van der Waals surface area contributed by atoms with Crippen molar-refractivity contribution < 1.29 is 14.3 Å². The predicted molar refractivity (Wildman–Crippen MR) is 71.4 cm³/mol. The van der Waals surface area contributed by atoms with E-state index in [9.17, 15) is 4.79 Å². The molecule has 1 rings (SSSR count). The molecule has 0 fully saturated rings. The van der Waals surface area contributed by atoms with Gasteiger partial charge in [-0.25, -0.2) is 4.79 Å². The molecule has 1 unspecified atom stereocenters. The summed E-state index contributed by atoms with van der Waals surface area (Å²) in [6.07, 6.45) is 0.251. The maximum atomic E-state index is 11.6. The summed E-state index contributed by atoms with van der Waals surface area (Å²) in [7, 11) is 0. The molecule has 0 aliphatic carbocycles. The lowest BCUT2D eigenvalue weighted by molar-refractivity contribution is -0.151. The summed E-state index contributed by atoms with van der Waals surface area (Å²) in [5, 5.41) is 0. The second kappa shape index (κ2) is 6.89. The Kier molecular flexibility index (Phi) is 5.49. The van der Waals surface area contributed by atoms with E-state index in [-0.39, 0.29) is 5.97 Å². The topological polar surface area (TPSA) is 61.5 Å². The first-order chi connectivity index (χ1) is 8.49. The summed E-state index contributed by atoms with van der Waals surface area (Å²) in [5.74, 6) is 0.788. The van der Waals surface area contributed by atoms with Gasteiger partial charge >= 0.3 is 5.97 Å². The van der Waals surface area contributed by atoms with Gasteiger partial charge < -0.3 is 15.2 Å².